The molecule has 10 nitrogen and oxygen atoms in total. The third-order valence-electron chi connectivity index (χ3n) is 4.22. The predicted molar refractivity (Wildman–Crippen MR) is 106 cm³/mol. The summed E-state index contributed by atoms with van der Waals surface area (Å²) < 4.78 is 17.3. The lowest BCUT2D eigenvalue weighted by molar-refractivity contribution is 0.0596. The Morgan fingerprint density at radius 3 is 2.76 bits per heavy atom. The Morgan fingerprint density at radius 2 is 2.00 bits per heavy atom. The number of carbonyl (C=O) groups is 1. The first-order valence-electron chi connectivity index (χ1n) is 9.24. The van der Waals surface area contributed by atoms with Gasteiger partial charge < -0.3 is 24.9 Å². The number of carbonyl (C=O) groups excluding carboxylic acids is 1. The second-order valence-electron chi connectivity index (χ2n) is 6.21. The number of fused-ring (bicyclic) bond motifs is 1. The van der Waals surface area contributed by atoms with Gasteiger partial charge in [-0.2, -0.15) is 9.97 Å². The number of nitrogen functional groups attached to an aromatic ring is 1. The van der Waals surface area contributed by atoms with Gasteiger partial charge in [0.15, 0.2) is 11.5 Å². The second kappa shape index (κ2) is 9.09. The Labute approximate surface area is 166 Å². The number of benzene rings is 1. The maximum absolute atomic E-state index is 12.3. The molecule has 3 rings (SSSR count). The average Bonchev–Trinajstić information content (AvgIpc) is 3.04. The van der Waals surface area contributed by atoms with Crippen molar-refractivity contribution in [2.75, 3.05) is 26.1 Å². The number of unbranched alkanes of at least 4 members (excludes halogenated alkanes) is 1. The summed E-state index contributed by atoms with van der Waals surface area (Å²) in [6.07, 6.45) is 1.83. The number of nitrogens with one attached hydrogen (secondary N) is 1. The maximum atomic E-state index is 12.3. The molecule has 2 aromatic heterocycles. The Hall–Kier alpha value is -3.56. The molecule has 0 aliphatic carbocycles. The van der Waals surface area contributed by atoms with Crippen LogP contribution in [0.1, 0.15) is 30.1 Å². The number of para-hydroxylation sites is 1. The molecule has 0 fully saturated rings. The van der Waals surface area contributed by atoms with Crippen molar-refractivity contribution >= 4 is 23.0 Å². The minimum atomic E-state index is -0.501. The van der Waals surface area contributed by atoms with Crippen LogP contribution in [-0.2, 0) is 11.3 Å². The molecule has 0 spiro atoms. The third kappa shape index (κ3) is 4.48. The summed E-state index contributed by atoms with van der Waals surface area (Å²) in [5, 5.41) is 0. The van der Waals surface area contributed by atoms with Crippen molar-refractivity contribution in [3.8, 4) is 11.8 Å². The first-order valence-corrected chi connectivity index (χ1v) is 9.24. The summed E-state index contributed by atoms with van der Waals surface area (Å²) in [4.78, 5) is 35.2. The molecule has 0 saturated heterocycles. The van der Waals surface area contributed by atoms with Crippen molar-refractivity contribution in [2.24, 2.45) is 0 Å². The standard InChI is InChI=1S/C19H23N5O5/c1-3-4-10-29-18-22-15(20)14-16(23-18)24(19(26)21-14)9-11-28-13-8-6-5-7-12(13)17(25)27-2/h5-8H,3-4,9-11H2,1-2H3,(H,21,26)(H2,20,22,23). The van der Waals surface area contributed by atoms with Gasteiger partial charge in [0, 0.05) is 0 Å². The van der Waals surface area contributed by atoms with Crippen LogP contribution < -0.4 is 20.9 Å². The Kier molecular flexibility index (Phi) is 6.32. The fourth-order valence-electron chi connectivity index (χ4n) is 2.73. The molecule has 0 saturated carbocycles. The fourth-order valence-corrected chi connectivity index (χ4v) is 2.73. The Balaban J connectivity index is 1.79. The van der Waals surface area contributed by atoms with Gasteiger partial charge in [0.05, 0.1) is 20.3 Å². The van der Waals surface area contributed by atoms with Gasteiger partial charge in [-0.1, -0.05) is 25.5 Å². The molecule has 10 heteroatoms. The second-order valence-corrected chi connectivity index (χ2v) is 6.21. The van der Waals surface area contributed by atoms with Gasteiger partial charge in [-0.05, 0) is 18.6 Å². The fraction of sp³-hybridized carbons (Fsp3) is 0.368. The summed E-state index contributed by atoms with van der Waals surface area (Å²) in [6.45, 7) is 2.81. The van der Waals surface area contributed by atoms with Crippen LogP contribution >= 0.6 is 0 Å². The van der Waals surface area contributed by atoms with Gasteiger partial charge >= 0.3 is 17.7 Å². The van der Waals surface area contributed by atoms with E-state index in [4.69, 9.17) is 19.9 Å². The highest BCUT2D eigenvalue weighted by Gasteiger charge is 2.16. The van der Waals surface area contributed by atoms with Crippen molar-refractivity contribution < 1.29 is 19.0 Å². The van der Waals surface area contributed by atoms with Crippen LogP contribution in [0.25, 0.3) is 11.2 Å². The minimum absolute atomic E-state index is 0.119. The number of aromatic nitrogens is 4. The summed E-state index contributed by atoms with van der Waals surface area (Å²) in [5.74, 6) is -0.00137. The molecule has 1 aromatic carbocycles. The van der Waals surface area contributed by atoms with Gasteiger partial charge in [0.1, 0.15) is 23.4 Å². The topological polar surface area (TPSA) is 134 Å². The summed E-state index contributed by atoms with van der Waals surface area (Å²) in [7, 11) is 1.30. The van der Waals surface area contributed by atoms with E-state index in [0.717, 1.165) is 12.8 Å². The largest absolute Gasteiger partial charge is 0.491 e. The molecule has 3 N–H and O–H groups in total. The molecule has 29 heavy (non-hydrogen) atoms. The number of aromatic amines is 1. The van der Waals surface area contributed by atoms with Gasteiger partial charge in [0.25, 0.3) is 0 Å². The van der Waals surface area contributed by atoms with Crippen molar-refractivity contribution in [1.82, 2.24) is 19.5 Å². The van der Waals surface area contributed by atoms with Crippen LogP contribution in [0.15, 0.2) is 29.1 Å². The first kappa shape index (κ1) is 20.2. The summed E-state index contributed by atoms with van der Waals surface area (Å²) in [6, 6.07) is 6.83. The lowest BCUT2D eigenvalue weighted by atomic mass is 10.2. The van der Waals surface area contributed by atoms with E-state index in [1.54, 1.807) is 24.3 Å². The molecule has 0 bridgehead atoms. The van der Waals surface area contributed by atoms with E-state index in [1.807, 2.05) is 6.92 Å². The number of methoxy groups -OCH3 is 1. The highest BCUT2D eigenvalue weighted by atomic mass is 16.5. The molecule has 3 aromatic rings. The number of esters is 1. The van der Waals surface area contributed by atoms with E-state index in [-0.39, 0.29) is 25.0 Å². The van der Waals surface area contributed by atoms with E-state index < -0.39 is 11.7 Å². The highest BCUT2D eigenvalue weighted by Crippen LogP contribution is 2.20. The van der Waals surface area contributed by atoms with Crippen LogP contribution in [0.5, 0.6) is 11.8 Å². The predicted octanol–water partition coefficient (Wildman–Crippen LogP) is 1.75. The first-order chi connectivity index (χ1) is 14.0. The molecule has 0 radical (unpaired) electrons. The van der Waals surface area contributed by atoms with Gasteiger partial charge in [-0.25, -0.2) is 9.59 Å². The molecule has 0 aliphatic rings. The number of nitrogens with two attached hydrogens (primary N) is 1. The van der Waals surface area contributed by atoms with Crippen LogP contribution in [0.2, 0.25) is 0 Å². The lowest BCUT2D eigenvalue weighted by Crippen LogP contribution is -2.21. The van der Waals surface area contributed by atoms with Crippen LogP contribution in [0.4, 0.5) is 5.82 Å². The normalized spacial score (nSPS) is 10.8. The monoisotopic (exact) mass is 401 g/mol. The van der Waals surface area contributed by atoms with Crippen molar-refractivity contribution in [3.05, 3.63) is 40.3 Å². The number of imidazole rings is 1. The molecule has 0 amide bonds. The summed E-state index contributed by atoms with van der Waals surface area (Å²) in [5.41, 5.74) is 6.52. The van der Waals surface area contributed by atoms with Crippen LogP contribution in [0.3, 0.4) is 0 Å². The lowest BCUT2D eigenvalue weighted by Gasteiger charge is -2.10. The van der Waals surface area contributed by atoms with Crippen molar-refractivity contribution in [2.45, 2.75) is 26.3 Å². The van der Waals surface area contributed by atoms with E-state index >= 15 is 0 Å². The van der Waals surface area contributed by atoms with Gasteiger partial charge in [0.2, 0.25) is 0 Å². The van der Waals surface area contributed by atoms with Crippen molar-refractivity contribution in [1.29, 1.82) is 0 Å². The molecule has 0 aliphatic heterocycles. The van der Waals surface area contributed by atoms with Gasteiger partial charge in [-0.15, -0.1) is 0 Å². The number of hydrogen-bond donors (Lipinski definition) is 2. The highest BCUT2D eigenvalue weighted by molar-refractivity contribution is 5.92. The third-order valence-corrected chi connectivity index (χ3v) is 4.22. The average molecular weight is 401 g/mol. The molecular formula is C19H23N5O5. The molecule has 2 heterocycles. The number of H-pyrrole nitrogens is 1. The molecule has 0 unspecified atom stereocenters. The smallest absolute Gasteiger partial charge is 0.341 e. The molecule has 0 atom stereocenters. The number of rotatable bonds is 9. The van der Waals surface area contributed by atoms with Crippen molar-refractivity contribution in [3.63, 3.8) is 0 Å². The minimum Gasteiger partial charge on any atom is -0.491 e. The van der Waals surface area contributed by atoms with E-state index in [1.165, 1.54) is 11.7 Å². The zero-order valence-corrected chi connectivity index (χ0v) is 16.3. The van der Waals surface area contributed by atoms with E-state index in [0.29, 0.717) is 29.1 Å². The van der Waals surface area contributed by atoms with E-state index in [9.17, 15) is 9.59 Å². The number of anilines is 1. The van der Waals surface area contributed by atoms with Crippen LogP contribution in [0, 0.1) is 0 Å². The van der Waals surface area contributed by atoms with E-state index in [2.05, 4.69) is 15.0 Å². The quantitative estimate of drug-likeness (QED) is 0.409. The maximum Gasteiger partial charge on any atom is 0.341 e. The number of hydrogen-bond acceptors (Lipinski definition) is 8. The summed E-state index contributed by atoms with van der Waals surface area (Å²) >= 11 is 0. The zero-order valence-electron chi connectivity index (χ0n) is 16.3. The Bertz CT molecular complexity index is 1060. The SMILES string of the molecule is CCCCOc1nc(N)c2[nH]c(=O)n(CCOc3ccccc3C(=O)OC)c2n1. The number of ether oxygens (including phenoxy) is 3. The molecular weight excluding hydrogens is 378 g/mol. The zero-order chi connectivity index (χ0) is 20.8. The molecule has 154 valence electrons. The number of nitrogens with zero attached hydrogens (tertiary/aromatic N) is 3. The van der Waals surface area contributed by atoms with Crippen LogP contribution in [-0.4, -0.2) is 45.8 Å². The van der Waals surface area contributed by atoms with Gasteiger partial charge in [-0.3, -0.25) is 4.57 Å². The Morgan fingerprint density at radius 1 is 1.21 bits per heavy atom.